The summed E-state index contributed by atoms with van der Waals surface area (Å²) in [6.07, 6.45) is 0.353. The van der Waals surface area contributed by atoms with Crippen LogP contribution in [0.2, 0.25) is 0 Å². The number of thioether (sulfide) groups is 1. The molecule has 0 amide bonds. The van der Waals surface area contributed by atoms with Crippen LogP contribution in [0.5, 0.6) is 0 Å². The van der Waals surface area contributed by atoms with Crippen LogP contribution in [0.4, 0.5) is 0 Å². The lowest BCUT2D eigenvalue weighted by molar-refractivity contribution is -0.140. The zero-order chi connectivity index (χ0) is 11.8. The van der Waals surface area contributed by atoms with Crippen LogP contribution in [0.1, 0.15) is 13.3 Å². The van der Waals surface area contributed by atoms with Gasteiger partial charge in [-0.25, -0.2) is 0 Å². The van der Waals surface area contributed by atoms with Crippen molar-refractivity contribution < 1.29 is 9.53 Å². The quantitative estimate of drug-likeness (QED) is 0.459. The van der Waals surface area contributed by atoms with E-state index >= 15 is 0 Å². The van der Waals surface area contributed by atoms with Gasteiger partial charge in [0.05, 0.1) is 18.6 Å². The van der Waals surface area contributed by atoms with Crippen molar-refractivity contribution in [2.24, 2.45) is 10.7 Å². The van der Waals surface area contributed by atoms with E-state index in [-0.39, 0.29) is 5.97 Å². The molecular formula is C9H15ClN2O2S. The van der Waals surface area contributed by atoms with Crippen molar-refractivity contribution in [1.29, 1.82) is 0 Å². The van der Waals surface area contributed by atoms with Gasteiger partial charge < -0.3 is 10.5 Å². The molecule has 0 fully saturated rings. The van der Waals surface area contributed by atoms with Crippen LogP contribution in [-0.4, -0.2) is 31.7 Å². The SMILES string of the molecule is CN=C(N)/C(Cl)=C(\C)SCCC(=O)OC. The summed E-state index contributed by atoms with van der Waals surface area (Å²) in [6.45, 7) is 1.84. The minimum Gasteiger partial charge on any atom is -0.469 e. The fraction of sp³-hybridized carbons (Fsp3) is 0.556. The maximum absolute atomic E-state index is 10.8. The summed E-state index contributed by atoms with van der Waals surface area (Å²) in [5, 5.41) is 0.437. The molecule has 0 aliphatic rings. The number of hydrogen-bond donors (Lipinski definition) is 1. The molecule has 0 radical (unpaired) electrons. The molecule has 0 unspecified atom stereocenters. The van der Waals surface area contributed by atoms with Crippen molar-refractivity contribution in [2.75, 3.05) is 19.9 Å². The fourth-order valence-electron chi connectivity index (χ4n) is 0.731. The molecule has 86 valence electrons. The predicted octanol–water partition coefficient (Wildman–Crippen LogP) is 1.74. The minimum absolute atomic E-state index is 0.233. The second kappa shape index (κ2) is 7.59. The van der Waals surface area contributed by atoms with Gasteiger partial charge in [-0.2, -0.15) is 0 Å². The molecule has 0 aromatic rings. The molecule has 0 aromatic carbocycles. The molecule has 0 aliphatic heterocycles. The first kappa shape index (κ1) is 14.3. The molecule has 15 heavy (non-hydrogen) atoms. The van der Waals surface area contributed by atoms with Crippen LogP contribution in [0.3, 0.4) is 0 Å². The summed E-state index contributed by atoms with van der Waals surface area (Å²) in [4.78, 5) is 15.4. The Bertz CT molecular complexity index is 290. The Labute approximate surface area is 98.9 Å². The summed E-state index contributed by atoms with van der Waals surface area (Å²) >= 11 is 7.38. The van der Waals surface area contributed by atoms with E-state index in [0.29, 0.717) is 23.0 Å². The summed E-state index contributed by atoms with van der Waals surface area (Å²) < 4.78 is 4.51. The van der Waals surface area contributed by atoms with Crippen LogP contribution in [-0.2, 0) is 9.53 Å². The lowest BCUT2D eigenvalue weighted by Crippen LogP contribution is -2.12. The molecule has 0 heterocycles. The van der Waals surface area contributed by atoms with Crippen LogP contribution in [0.25, 0.3) is 0 Å². The molecule has 6 heteroatoms. The fourth-order valence-corrected chi connectivity index (χ4v) is 1.79. The number of rotatable bonds is 5. The molecule has 0 aliphatic carbocycles. The molecule has 0 aromatic heterocycles. The van der Waals surface area contributed by atoms with E-state index in [9.17, 15) is 4.79 Å². The Balaban J connectivity index is 4.13. The predicted molar refractivity (Wildman–Crippen MR) is 65.2 cm³/mol. The smallest absolute Gasteiger partial charge is 0.306 e. The van der Waals surface area contributed by atoms with Gasteiger partial charge in [0.2, 0.25) is 0 Å². The van der Waals surface area contributed by atoms with Gasteiger partial charge in [0, 0.05) is 17.7 Å². The van der Waals surface area contributed by atoms with Gasteiger partial charge in [0.25, 0.3) is 0 Å². The number of nitrogens with zero attached hydrogens (tertiary/aromatic N) is 1. The summed E-state index contributed by atoms with van der Waals surface area (Å²) in [6, 6.07) is 0. The number of halogens is 1. The molecule has 0 bridgehead atoms. The van der Waals surface area contributed by atoms with Gasteiger partial charge in [0.15, 0.2) is 0 Å². The first-order valence-corrected chi connectivity index (χ1v) is 5.67. The first-order chi connectivity index (χ1) is 7.02. The molecule has 2 N–H and O–H groups in total. The normalized spacial score (nSPS) is 13.5. The molecule has 0 atom stereocenters. The van der Waals surface area contributed by atoms with Gasteiger partial charge in [-0.1, -0.05) is 11.6 Å². The molecule has 0 rings (SSSR count). The zero-order valence-corrected chi connectivity index (χ0v) is 10.6. The second-order valence-electron chi connectivity index (χ2n) is 2.65. The minimum atomic E-state index is -0.233. The molecule has 0 spiro atoms. The van der Waals surface area contributed by atoms with E-state index in [4.69, 9.17) is 17.3 Å². The third-order valence-electron chi connectivity index (χ3n) is 1.63. The molecule has 0 saturated heterocycles. The van der Waals surface area contributed by atoms with Crippen molar-refractivity contribution in [3.05, 3.63) is 9.94 Å². The third-order valence-corrected chi connectivity index (χ3v) is 3.26. The van der Waals surface area contributed by atoms with E-state index in [2.05, 4.69) is 9.73 Å². The van der Waals surface area contributed by atoms with Crippen molar-refractivity contribution >= 4 is 35.2 Å². The van der Waals surface area contributed by atoms with Gasteiger partial charge in [-0.3, -0.25) is 9.79 Å². The molecule has 4 nitrogen and oxygen atoms in total. The highest BCUT2D eigenvalue weighted by Gasteiger charge is 2.06. The number of amidine groups is 1. The Kier molecular flexibility index (Phi) is 7.25. The Morgan fingerprint density at radius 2 is 2.20 bits per heavy atom. The Morgan fingerprint density at radius 3 is 2.67 bits per heavy atom. The van der Waals surface area contributed by atoms with Crippen LogP contribution >= 0.6 is 23.4 Å². The van der Waals surface area contributed by atoms with E-state index in [0.717, 1.165) is 4.91 Å². The highest BCUT2D eigenvalue weighted by Crippen LogP contribution is 2.22. The number of allylic oxidation sites excluding steroid dienone is 1. The average molecular weight is 251 g/mol. The highest BCUT2D eigenvalue weighted by atomic mass is 35.5. The monoisotopic (exact) mass is 250 g/mol. The first-order valence-electron chi connectivity index (χ1n) is 4.31. The van der Waals surface area contributed by atoms with E-state index < -0.39 is 0 Å². The maximum Gasteiger partial charge on any atom is 0.306 e. The van der Waals surface area contributed by atoms with Gasteiger partial charge in [-0.05, 0) is 6.92 Å². The summed E-state index contributed by atoms with van der Waals surface area (Å²) in [5.74, 6) is 0.689. The third kappa shape index (κ3) is 5.69. The number of nitrogens with two attached hydrogens (primary N) is 1. The maximum atomic E-state index is 10.8. The number of methoxy groups -OCH3 is 1. The highest BCUT2D eigenvalue weighted by molar-refractivity contribution is 8.03. The topological polar surface area (TPSA) is 64.7 Å². The van der Waals surface area contributed by atoms with Crippen molar-refractivity contribution in [1.82, 2.24) is 0 Å². The Hall–Kier alpha value is -0.680. The summed E-state index contributed by atoms with van der Waals surface area (Å²) in [7, 11) is 2.94. The van der Waals surface area contributed by atoms with Gasteiger partial charge >= 0.3 is 5.97 Å². The van der Waals surface area contributed by atoms with Gasteiger partial charge in [-0.15, -0.1) is 11.8 Å². The Morgan fingerprint density at radius 1 is 1.60 bits per heavy atom. The number of hydrogen-bond acceptors (Lipinski definition) is 4. The van der Waals surface area contributed by atoms with Gasteiger partial charge in [0.1, 0.15) is 5.84 Å². The largest absolute Gasteiger partial charge is 0.469 e. The van der Waals surface area contributed by atoms with E-state index in [1.165, 1.54) is 18.9 Å². The zero-order valence-electron chi connectivity index (χ0n) is 9.04. The van der Waals surface area contributed by atoms with Crippen molar-refractivity contribution in [3.8, 4) is 0 Å². The van der Waals surface area contributed by atoms with Crippen molar-refractivity contribution in [3.63, 3.8) is 0 Å². The number of carbonyl (C=O) groups excluding carboxylic acids is 1. The van der Waals surface area contributed by atoms with Crippen LogP contribution in [0, 0.1) is 0 Å². The number of aliphatic imine (C=N–C) groups is 1. The van der Waals surface area contributed by atoms with E-state index in [1.807, 2.05) is 6.92 Å². The van der Waals surface area contributed by atoms with Crippen LogP contribution < -0.4 is 5.73 Å². The standard InChI is InChI=1S/C9H15ClN2O2S/c1-6(8(10)9(11)12-2)15-5-4-7(13)14-3/h4-5H2,1-3H3,(H2,11,12)/b8-6-. The molecular weight excluding hydrogens is 236 g/mol. The van der Waals surface area contributed by atoms with Crippen molar-refractivity contribution in [2.45, 2.75) is 13.3 Å². The number of carbonyl (C=O) groups is 1. The lowest BCUT2D eigenvalue weighted by Gasteiger charge is -2.04. The lowest BCUT2D eigenvalue weighted by atomic mass is 10.5. The second-order valence-corrected chi connectivity index (χ2v) is 4.34. The molecule has 0 saturated carbocycles. The number of esters is 1. The van der Waals surface area contributed by atoms with E-state index in [1.54, 1.807) is 7.05 Å². The average Bonchev–Trinajstić information content (AvgIpc) is 2.26. The summed E-state index contributed by atoms with van der Waals surface area (Å²) in [5.41, 5.74) is 5.53. The van der Waals surface area contributed by atoms with Crippen LogP contribution in [0.15, 0.2) is 14.9 Å². The number of ether oxygens (including phenoxy) is 1.